The molecular formula is C13H11N3O. The molecule has 2 aromatic rings. The first kappa shape index (κ1) is 11.0. The lowest BCUT2D eigenvalue weighted by molar-refractivity contribution is 0.761. The van der Waals surface area contributed by atoms with Gasteiger partial charge in [0.1, 0.15) is 0 Å². The third-order valence-electron chi connectivity index (χ3n) is 2.42. The van der Waals surface area contributed by atoms with Gasteiger partial charge < -0.3 is 10.3 Å². The van der Waals surface area contributed by atoms with Gasteiger partial charge >= 0.3 is 0 Å². The summed E-state index contributed by atoms with van der Waals surface area (Å²) in [7, 11) is 0. The van der Waals surface area contributed by atoms with E-state index in [1.54, 1.807) is 30.5 Å². The minimum Gasteiger partial charge on any atom is -0.398 e. The average Bonchev–Trinajstić information content (AvgIpc) is 2.34. The molecule has 0 saturated carbocycles. The van der Waals surface area contributed by atoms with E-state index in [0.717, 1.165) is 5.56 Å². The maximum atomic E-state index is 11.6. The van der Waals surface area contributed by atoms with Crippen LogP contribution in [0.3, 0.4) is 0 Å². The molecule has 1 aromatic carbocycles. The largest absolute Gasteiger partial charge is 0.398 e. The average molecular weight is 225 g/mol. The summed E-state index contributed by atoms with van der Waals surface area (Å²) < 4.78 is 1.52. The highest BCUT2D eigenvalue weighted by molar-refractivity contribution is 5.35. The van der Waals surface area contributed by atoms with E-state index in [9.17, 15) is 4.79 Å². The van der Waals surface area contributed by atoms with Gasteiger partial charge in [-0.3, -0.25) is 4.79 Å². The zero-order valence-corrected chi connectivity index (χ0v) is 9.13. The van der Waals surface area contributed by atoms with Crippen molar-refractivity contribution in [3.05, 3.63) is 64.1 Å². The van der Waals surface area contributed by atoms with Gasteiger partial charge in [-0.15, -0.1) is 0 Å². The Balaban J connectivity index is 2.35. The van der Waals surface area contributed by atoms with Crippen molar-refractivity contribution in [2.45, 2.75) is 6.54 Å². The maximum absolute atomic E-state index is 11.6. The third-order valence-corrected chi connectivity index (χ3v) is 2.42. The molecule has 2 N–H and O–H groups in total. The molecule has 0 saturated heterocycles. The number of anilines is 1. The number of nitrogens with zero attached hydrogens (tertiary/aromatic N) is 2. The molecule has 2 rings (SSSR count). The molecule has 1 aromatic heterocycles. The number of nitrogens with two attached hydrogens (primary N) is 1. The first-order chi connectivity index (χ1) is 8.19. The summed E-state index contributed by atoms with van der Waals surface area (Å²) >= 11 is 0. The predicted octanol–water partition coefficient (Wildman–Crippen LogP) is 1.35. The molecule has 0 unspecified atom stereocenters. The predicted molar refractivity (Wildman–Crippen MR) is 65.4 cm³/mol. The maximum Gasteiger partial charge on any atom is 0.250 e. The number of pyridine rings is 1. The van der Waals surface area contributed by atoms with Crippen LogP contribution in [-0.4, -0.2) is 4.57 Å². The van der Waals surface area contributed by atoms with Crippen LogP contribution in [0.25, 0.3) is 0 Å². The SMILES string of the molecule is N#Cc1cccc(Cn2cc(N)ccc2=O)c1. The number of nitrogen functional groups attached to an aromatic ring is 1. The molecule has 0 aliphatic heterocycles. The Morgan fingerprint density at radius 2 is 2.12 bits per heavy atom. The highest BCUT2D eigenvalue weighted by Crippen LogP contribution is 2.06. The summed E-state index contributed by atoms with van der Waals surface area (Å²) in [6.07, 6.45) is 1.60. The van der Waals surface area contributed by atoms with Crippen LogP contribution < -0.4 is 11.3 Å². The van der Waals surface area contributed by atoms with Crippen LogP contribution in [0.4, 0.5) is 5.69 Å². The summed E-state index contributed by atoms with van der Waals surface area (Å²) in [4.78, 5) is 11.6. The number of rotatable bonds is 2. The fraction of sp³-hybridized carbons (Fsp3) is 0.0769. The Morgan fingerprint density at radius 1 is 1.29 bits per heavy atom. The van der Waals surface area contributed by atoms with Crippen LogP contribution >= 0.6 is 0 Å². The Hall–Kier alpha value is -2.54. The van der Waals surface area contributed by atoms with Crippen LogP contribution in [0.2, 0.25) is 0 Å². The van der Waals surface area contributed by atoms with E-state index in [1.807, 2.05) is 6.07 Å². The standard InChI is InChI=1S/C13H11N3O/c14-7-10-2-1-3-11(6-10)8-16-9-12(15)4-5-13(16)17/h1-6,9H,8,15H2. The summed E-state index contributed by atoms with van der Waals surface area (Å²) in [5.41, 5.74) is 7.54. The Bertz CT molecular complexity index is 638. The molecule has 0 spiro atoms. The number of aromatic nitrogens is 1. The van der Waals surface area contributed by atoms with Crippen molar-refractivity contribution >= 4 is 5.69 Å². The molecule has 0 fully saturated rings. The van der Waals surface area contributed by atoms with Gasteiger partial charge in [-0.25, -0.2) is 0 Å². The molecule has 0 aliphatic rings. The number of nitriles is 1. The number of hydrogen-bond acceptors (Lipinski definition) is 3. The zero-order chi connectivity index (χ0) is 12.3. The molecule has 84 valence electrons. The summed E-state index contributed by atoms with van der Waals surface area (Å²) in [6.45, 7) is 0.416. The molecule has 0 amide bonds. The zero-order valence-electron chi connectivity index (χ0n) is 9.13. The fourth-order valence-electron chi connectivity index (χ4n) is 1.61. The Morgan fingerprint density at radius 3 is 2.88 bits per heavy atom. The Labute approximate surface area is 98.5 Å². The van der Waals surface area contributed by atoms with Gasteiger partial charge in [-0.1, -0.05) is 12.1 Å². The van der Waals surface area contributed by atoms with E-state index in [0.29, 0.717) is 17.8 Å². The lowest BCUT2D eigenvalue weighted by Crippen LogP contribution is -2.19. The van der Waals surface area contributed by atoms with Gasteiger partial charge in [-0.2, -0.15) is 5.26 Å². The smallest absolute Gasteiger partial charge is 0.250 e. The van der Waals surface area contributed by atoms with Crippen molar-refractivity contribution in [1.29, 1.82) is 5.26 Å². The van der Waals surface area contributed by atoms with E-state index in [4.69, 9.17) is 11.0 Å². The van der Waals surface area contributed by atoms with Gasteiger partial charge in [0.05, 0.1) is 18.2 Å². The van der Waals surface area contributed by atoms with Crippen molar-refractivity contribution in [3.8, 4) is 6.07 Å². The monoisotopic (exact) mass is 225 g/mol. The highest BCUT2D eigenvalue weighted by atomic mass is 16.1. The van der Waals surface area contributed by atoms with E-state index in [2.05, 4.69) is 6.07 Å². The molecule has 0 bridgehead atoms. The molecule has 4 heteroatoms. The van der Waals surface area contributed by atoms with Gasteiger partial charge in [0, 0.05) is 18.0 Å². The molecule has 4 nitrogen and oxygen atoms in total. The molecule has 0 aliphatic carbocycles. The van der Waals surface area contributed by atoms with E-state index in [1.165, 1.54) is 10.6 Å². The van der Waals surface area contributed by atoms with E-state index < -0.39 is 0 Å². The van der Waals surface area contributed by atoms with Crippen molar-refractivity contribution in [2.24, 2.45) is 0 Å². The first-order valence-electron chi connectivity index (χ1n) is 5.14. The third kappa shape index (κ3) is 2.52. The second kappa shape index (κ2) is 4.54. The molecule has 0 radical (unpaired) electrons. The lowest BCUT2D eigenvalue weighted by Gasteiger charge is -2.06. The van der Waals surface area contributed by atoms with E-state index in [-0.39, 0.29) is 5.56 Å². The molecule has 17 heavy (non-hydrogen) atoms. The second-order valence-electron chi connectivity index (χ2n) is 3.74. The van der Waals surface area contributed by atoms with Crippen molar-refractivity contribution in [1.82, 2.24) is 4.57 Å². The van der Waals surface area contributed by atoms with Gasteiger partial charge in [0.25, 0.3) is 5.56 Å². The first-order valence-corrected chi connectivity index (χ1v) is 5.14. The van der Waals surface area contributed by atoms with Crippen molar-refractivity contribution in [2.75, 3.05) is 5.73 Å². The molecular weight excluding hydrogens is 214 g/mol. The minimum absolute atomic E-state index is 0.110. The summed E-state index contributed by atoms with van der Waals surface area (Å²) in [6, 6.07) is 12.2. The molecule has 0 atom stereocenters. The highest BCUT2D eigenvalue weighted by Gasteiger charge is 1.99. The molecule has 1 heterocycles. The van der Waals surface area contributed by atoms with Crippen LogP contribution in [-0.2, 0) is 6.54 Å². The number of hydrogen-bond donors (Lipinski definition) is 1. The summed E-state index contributed by atoms with van der Waals surface area (Å²) in [5, 5.41) is 8.79. The Kier molecular flexibility index (Phi) is 2.93. The minimum atomic E-state index is -0.110. The topological polar surface area (TPSA) is 71.8 Å². The van der Waals surface area contributed by atoms with Gasteiger partial charge in [-0.05, 0) is 23.8 Å². The normalized spacial score (nSPS) is 9.82. The van der Waals surface area contributed by atoms with Crippen molar-refractivity contribution in [3.63, 3.8) is 0 Å². The summed E-state index contributed by atoms with van der Waals surface area (Å²) in [5.74, 6) is 0. The van der Waals surface area contributed by atoms with Crippen LogP contribution in [0.15, 0.2) is 47.4 Å². The lowest BCUT2D eigenvalue weighted by atomic mass is 10.1. The second-order valence-corrected chi connectivity index (χ2v) is 3.74. The van der Waals surface area contributed by atoms with Crippen molar-refractivity contribution < 1.29 is 0 Å². The van der Waals surface area contributed by atoms with Gasteiger partial charge in [0.2, 0.25) is 0 Å². The fourth-order valence-corrected chi connectivity index (χ4v) is 1.61. The van der Waals surface area contributed by atoms with E-state index >= 15 is 0 Å². The number of benzene rings is 1. The van der Waals surface area contributed by atoms with Crippen LogP contribution in [0.1, 0.15) is 11.1 Å². The quantitative estimate of drug-likeness (QED) is 0.838. The van der Waals surface area contributed by atoms with Crippen LogP contribution in [0.5, 0.6) is 0 Å². The van der Waals surface area contributed by atoms with Crippen LogP contribution in [0, 0.1) is 11.3 Å². The van der Waals surface area contributed by atoms with Gasteiger partial charge in [0.15, 0.2) is 0 Å².